The molecule has 1 aliphatic heterocycles. The van der Waals surface area contributed by atoms with Gasteiger partial charge in [-0.1, -0.05) is 0 Å². The molecule has 0 atom stereocenters. The van der Waals surface area contributed by atoms with E-state index < -0.39 is 6.03 Å². The van der Waals surface area contributed by atoms with Gasteiger partial charge in [0.05, 0.1) is 0 Å². The van der Waals surface area contributed by atoms with Crippen molar-refractivity contribution in [2.24, 2.45) is 11.5 Å². The lowest BCUT2D eigenvalue weighted by Gasteiger charge is -1.80. The number of nitrogens with one attached hydrogen (secondary N) is 1. The molecule has 0 aliphatic carbocycles. The molecule has 0 aromatic heterocycles. The van der Waals surface area contributed by atoms with Crippen LogP contribution in [0.15, 0.2) is 12.2 Å². The Bertz CT molecular complexity index is 201. The second-order valence-electron chi connectivity index (χ2n) is 1.59. The van der Waals surface area contributed by atoms with Crippen LogP contribution in [0.25, 0.3) is 0 Å². The first-order chi connectivity index (χ1) is 5.02. The second-order valence-corrected chi connectivity index (χ2v) is 1.59. The summed E-state index contributed by atoms with van der Waals surface area (Å²) in [6, 6.07) is -0.833. The maximum absolute atomic E-state index is 10.0. The maximum Gasteiger partial charge on any atom is 0.309 e. The largest absolute Gasteiger partial charge is 0.352 e. The zero-order valence-corrected chi connectivity index (χ0v) is 5.53. The molecule has 5 N–H and O–H groups in total. The van der Waals surface area contributed by atoms with Crippen molar-refractivity contribution >= 4 is 17.8 Å². The first-order valence-electron chi connectivity index (χ1n) is 2.60. The van der Waals surface area contributed by atoms with Gasteiger partial charge in [0.1, 0.15) is 0 Å². The summed E-state index contributed by atoms with van der Waals surface area (Å²) in [4.78, 5) is 29.1. The number of imide groups is 1. The van der Waals surface area contributed by atoms with E-state index in [0.29, 0.717) is 0 Å². The molecule has 1 rings (SSSR count). The molecule has 11 heavy (non-hydrogen) atoms. The molecule has 0 saturated heterocycles. The maximum atomic E-state index is 10.0. The van der Waals surface area contributed by atoms with Crippen LogP contribution in [0.2, 0.25) is 0 Å². The number of nitrogens with two attached hydrogens (primary N) is 2. The quantitative estimate of drug-likeness (QED) is 0.361. The summed E-state index contributed by atoms with van der Waals surface area (Å²) in [6.45, 7) is 0. The molecule has 60 valence electrons. The number of amides is 4. The summed E-state index contributed by atoms with van der Waals surface area (Å²) in [5.74, 6) is -0.657. The summed E-state index contributed by atoms with van der Waals surface area (Å²) >= 11 is 0. The lowest BCUT2D eigenvalue weighted by molar-refractivity contribution is -0.123. The van der Waals surface area contributed by atoms with Gasteiger partial charge in [0.25, 0.3) is 11.8 Å². The van der Waals surface area contributed by atoms with Crippen LogP contribution in [0.5, 0.6) is 0 Å². The van der Waals surface area contributed by atoms with Gasteiger partial charge in [-0.2, -0.15) is 0 Å². The highest BCUT2D eigenvalue weighted by molar-refractivity contribution is 6.12. The zero-order valence-electron chi connectivity index (χ0n) is 5.53. The minimum atomic E-state index is -0.833. The average molecular weight is 157 g/mol. The van der Waals surface area contributed by atoms with Gasteiger partial charge < -0.3 is 11.5 Å². The highest BCUT2D eigenvalue weighted by Crippen LogP contribution is 1.82. The zero-order chi connectivity index (χ0) is 8.85. The van der Waals surface area contributed by atoms with Gasteiger partial charge in [-0.15, -0.1) is 0 Å². The Kier molecular flexibility index (Phi) is 3.36. The smallest absolute Gasteiger partial charge is 0.309 e. The van der Waals surface area contributed by atoms with Gasteiger partial charge >= 0.3 is 6.03 Å². The van der Waals surface area contributed by atoms with E-state index in [2.05, 4.69) is 11.5 Å². The van der Waals surface area contributed by atoms with Crippen molar-refractivity contribution in [3.8, 4) is 0 Å². The SMILES string of the molecule is NC(N)=O.O=C1C=CC(=O)N1. The molecule has 0 unspecified atom stereocenters. The van der Waals surface area contributed by atoms with Crippen molar-refractivity contribution in [2.45, 2.75) is 0 Å². The monoisotopic (exact) mass is 157 g/mol. The van der Waals surface area contributed by atoms with E-state index in [4.69, 9.17) is 4.79 Å². The fourth-order valence-corrected chi connectivity index (χ4v) is 0.356. The van der Waals surface area contributed by atoms with E-state index >= 15 is 0 Å². The summed E-state index contributed by atoms with van der Waals surface area (Å²) in [5, 5.41) is 2.03. The molecule has 0 bridgehead atoms. The molecule has 0 fully saturated rings. The van der Waals surface area contributed by atoms with Crippen LogP contribution in [-0.2, 0) is 9.59 Å². The molecule has 6 nitrogen and oxygen atoms in total. The van der Waals surface area contributed by atoms with Crippen LogP contribution in [0.1, 0.15) is 0 Å². The Morgan fingerprint density at radius 3 is 1.55 bits per heavy atom. The third-order valence-electron chi connectivity index (χ3n) is 0.632. The molecular weight excluding hydrogens is 150 g/mol. The van der Waals surface area contributed by atoms with Gasteiger partial charge in [0, 0.05) is 12.2 Å². The third kappa shape index (κ3) is 6.03. The lowest BCUT2D eigenvalue weighted by Crippen LogP contribution is -2.19. The van der Waals surface area contributed by atoms with Gasteiger partial charge in [-0.05, 0) is 0 Å². The lowest BCUT2D eigenvalue weighted by atomic mass is 10.6. The highest BCUT2D eigenvalue weighted by Gasteiger charge is 2.06. The predicted molar refractivity (Wildman–Crippen MR) is 36.1 cm³/mol. The topological polar surface area (TPSA) is 115 Å². The normalized spacial score (nSPS) is 13.5. The third-order valence-corrected chi connectivity index (χ3v) is 0.632. The Labute approximate surface area is 62.2 Å². The van der Waals surface area contributed by atoms with Gasteiger partial charge in [-0.3, -0.25) is 14.9 Å². The molecule has 0 saturated carbocycles. The standard InChI is InChI=1S/C4H3NO2.CH4N2O/c6-3-1-2-4(7)5-3;2-1(3)4/h1-2H,(H,5,6,7);(H4,2,3,4). The summed E-state index contributed by atoms with van der Waals surface area (Å²) in [5.41, 5.74) is 8.50. The molecule has 1 heterocycles. The van der Waals surface area contributed by atoms with Crippen molar-refractivity contribution in [1.82, 2.24) is 5.32 Å². The molecule has 0 radical (unpaired) electrons. The molecular formula is C5H7N3O3. The van der Waals surface area contributed by atoms with Crippen LogP contribution >= 0.6 is 0 Å². The molecule has 0 spiro atoms. The van der Waals surface area contributed by atoms with E-state index in [1.54, 1.807) is 0 Å². The fraction of sp³-hybridized carbons (Fsp3) is 0. The Hall–Kier alpha value is -1.85. The van der Waals surface area contributed by atoms with Gasteiger partial charge in [-0.25, -0.2) is 4.79 Å². The number of carbonyl (C=O) groups excluding carboxylic acids is 3. The van der Waals surface area contributed by atoms with E-state index in [-0.39, 0.29) is 11.8 Å². The minimum Gasteiger partial charge on any atom is -0.352 e. The number of hydrogen-bond donors (Lipinski definition) is 3. The van der Waals surface area contributed by atoms with Gasteiger partial charge in [0.15, 0.2) is 0 Å². The van der Waals surface area contributed by atoms with Crippen LogP contribution in [-0.4, -0.2) is 17.8 Å². The Morgan fingerprint density at radius 2 is 1.45 bits per heavy atom. The fourth-order valence-electron chi connectivity index (χ4n) is 0.356. The van der Waals surface area contributed by atoms with Crippen molar-refractivity contribution in [2.75, 3.05) is 0 Å². The molecule has 6 heteroatoms. The summed E-state index contributed by atoms with van der Waals surface area (Å²) in [6.07, 6.45) is 2.39. The number of rotatable bonds is 0. The summed E-state index contributed by atoms with van der Waals surface area (Å²) < 4.78 is 0. The first kappa shape index (κ1) is 9.15. The number of primary amides is 2. The van der Waals surface area contributed by atoms with Crippen molar-refractivity contribution in [1.29, 1.82) is 0 Å². The highest BCUT2D eigenvalue weighted by atomic mass is 16.2. The molecule has 1 aliphatic rings. The minimum absolute atomic E-state index is 0.329. The summed E-state index contributed by atoms with van der Waals surface area (Å²) in [7, 11) is 0. The average Bonchev–Trinajstić information content (AvgIpc) is 2.13. The van der Waals surface area contributed by atoms with Crippen molar-refractivity contribution < 1.29 is 14.4 Å². The van der Waals surface area contributed by atoms with Crippen LogP contribution in [0, 0.1) is 0 Å². The molecule has 0 aromatic carbocycles. The van der Waals surface area contributed by atoms with Crippen LogP contribution in [0.4, 0.5) is 4.79 Å². The number of carbonyl (C=O) groups is 3. The Balaban J connectivity index is 0.000000218. The Morgan fingerprint density at radius 1 is 1.18 bits per heavy atom. The second kappa shape index (κ2) is 4.04. The van der Waals surface area contributed by atoms with Gasteiger partial charge in [0.2, 0.25) is 0 Å². The van der Waals surface area contributed by atoms with Crippen LogP contribution < -0.4 is 16.8 Å². The van der Waals surface area contributed by atoms with E-state index in [1.165, 1.54) is 12.2 Å². The molecule has 4 amide bonds. The van der Waals surface area contributed by atoms with E-state index in [0.717, 1.165) is 0 Å². The van der Waals surface area contributed by atoms with Crippen molar-refractivity contribution in [3.63, 3.8) is 0 Å². The number of urea groups is 1. The van der Waals surface area contributed by atoms with Crippen molar-refractivity contribution in [3.05, 3.63) is 12.2 Å². The molecule has 0 aromatic rings. The van der Waals surface area contributed by atoms with E-state index in [1.807, 2.05) is 5.32 Å². The predicted octanol–water partition coefficient (Wildman–Crippen LogP) is -1.78. The first-order valence-corrected chi connectivity index (χ1v) is 2.60. The van der Waals surface area contributed by atoms with E-state index in [9.17, 15) is 9.59 Å². The number of hydrogen-bond acceptors (Lipinski definition) is 3. The van der Waals surface area contributed by atoms with Crippen LogP contribution in [0.3, 0.4) is 0 Å².